The molecule has 1 aromatic rings. The normalized spacial score (nSPS) is 17.7. The average Bonchev–Trinajstić information content (AvgIpc) is 2.98. The van der Waals surface area contributed by atoms with E-state index >= 15 is 0 Å². The molecule has 1 N–H and O–H groups in total. The number of hydrogen-bond acceptors (Lipinski definition) is 2. The smallest absolute Gasteiger partial charge is 0.317 e. The van der Waals surface area contributed by atoms with Crippen LogP contribution in [0.2, 0.25) is 5.02 Å². The zero-order valence-electron chi connectivity index (χ0n) is 12.5. The SMILES string of the molecule is CN(C[C@H]1CCCO1)C(=O)NCCCc1ccc(Cl)cc1. The van der Waals surface area contributed by atoms with Crippen molar-refractivity contribution < 1.29 is 9.53 Å². The predicted molar refractivity (Wildman–Crippen MR) is 84.8 cm³/mol. The van der Waals surface area contributed by atoms with Crippen LogP contribution in [0.3, 0.4) is 0 Å². The van der Waals surface area contributed by atoms with Gasteiger partial charge >= 0.3 is 6.03 Å². The number of nitrogens with one attached hydrogen (secondary N) is 1. The second-order valence-corrected chi connectivity index (χ2v) is 5.91. The Morgan fingerprint density at radius 2 is 2.19 bits per heavy atom. The number of carbonyl (C=O) groups excluding carboxylic acids is 1. The highest BCUT2D eigenvalue weighted by Crippen LogP contribution is 2.13. The van der Waals surface area contributed by atoms with Gasteiger partial charge in [0.25, 0.3) is 0 Å². The molecule has 4 nitrogen and oxygen atoms in total. The van der Waals surface area contributed by atoms with Gasteiger partial charge in [-0.05, 0) is 43.4 Å². The minimum Gasteiger partial charge on any atom is -0.376 e. The van der Waals surface area contributed by atoms with Gasteiger partial charge in [-0.25, -0.2) is 4.79 Å². The number of urea groups is 1. The number of ether oxygens (including phenoxy) is 1. The third-order valence-corrected chi connectivity index (χ3v) is 3.93. The molecule has 1 saturated heterocycles. The van der Waals surface area contributed by atoms with Gasteiger partial charge in [0, 0.05) is 31.8 Å². The molecule has 1 heterocycles. The second-order valence-electron chi connectivity index (χ2n) is 5.48. The molecular weight excluding hydrogens is 288 g/mol. The quantitative estimate of drug-likeness (QED) is 0.820. The first kappa shape index (κ1) is 16.1. The van der Waals surface area contributed by atoms with Gasteiger partial charge in [-0.2, -0.15) is 0 Å². The first-order valence-corrected chi connectivity index (χ1v) is 7.88. The minimum atomic E-state index is -0.0263. The molecule has 0 bridgehead atoms. The number of halogens is 1. The molecule has 0 saturated carbocycles. The molecule has 116 valence electrons. The summed E-state index contributed by atoms with van der Waals surface area (Å²) in [5, 5.41) is 3.70. The van der Waals surface area contributed by atoms with Crippen molar-refractivity contribution in [2.75, 3.05) is 26.7 Å². The van der Waals surface area contributed by atoms with Crippen molar-refractivity contribution in [3.8, 4) is 0 Å². The molecule has 2 amide bonds. The molecule has 0 aromatic heterocycles. The Morgan fingerprint density at radius 3 is 2.86 bits per heavy atom. The Balaban J connectivity index is 1.61. The van der Waals surface area contributed by atoms with Crippen LogP contribution in [0.4, 0.5) is 4.79 Å². The first-order chi connectivity index (χ1) is 10.1. The van der Waals surface area contributed by atoms with Crippen LogP contribution in [-0.2, 0) is 11.2 Å². The van der Waals surface area contributed by atoms with Crippen molar-refractivity contribution >= 4 is 17.6 Å². The number of carbonyl (C=O) groups is 1. The van der Waals surface area contributed by atoms with Crippen LogP contribution in [0.25, 0.3) is 0 Å². The molecule has 1 aliphatic heterocycles. The monoisotopic (exact) mass is 310 g/mol. The van der Waals surface area contributed by atoms with E-state index in [1.165, 1.54) is 5.56 Å². The van der Waals surface area contributed by atoms with Crippen molar-refractivity contribution in [3.63, 3.8) is 0 Å². The number of aryl methyl sites for hydroxylation is 1. The van der Waals surface area contributed by atoms with Crippen molar-refractivity contribution in [2.24, 2.45) is 0 Å². The molecule has 0 unspecified atom stereocenters. The van der Waals surface area contributed by atoms with Crippen molar-refractivity contribution in [3.05, 3.63) is 34.9 Å². The third-order valence-electron chi connectivity index (χ3n) is 3.68. The lowest BCUT2D eigenvalue weighted by Gasteiger charge is -2.21. The molecule has 1 aliphatic rings. The summed E-state index contributed by atoms with van der Waals surface area (Å²) in [5.74, 6) is 0. The number of rotatable bonds is 6. The Morgan fingerprint density at radius 1 is 1.43 bits per heavy atom. The fraction of sp³-hybridized carbons (Fsp3) is 0.562. The molecule has 1 aromatic carbocycles. The van der Waals surface area contributed by atoms with Crippen LogP contribution in [0.1, 0.15) is 24.8 Å². The lowest BCUT2D eigenvalue weighted by atomic mass is 10.1. The second kappa shape index (κ2) is 8.25. The van der Waals surface area contributed by atoms with Gasteiger partial charge in [-0.3, -0.25) is 0 Å². The van der Waals surface area contributed by atoms with Gasteiger partial charge in [-0.15, -0.1) is 0 Å². The minimum absolute atomic E-state index is 0.0263. The average molecular weight is 311 g/mol. The van der Waals surface area contributed by atoms with Crippen LogP contribution in [0.5, 0.6) is 0 Å². The zero-order chi connectivity index (χ0) is 15.1. The van der Waals surface area contributed by atoms with E-state index in [0.717, 1.165) is 37.3 Å². The van der Waals surface area contributed by atoms with Crippen LogP contribution >= 0.6 is 11.6 Å². The molecule has 0 radical (unpaired) electrons. The van der Waals surface area contributed by atoms with E-state index in [2.05, 4.69) is 5.32 Å². The summed E-state index contributed by atoms with van der Waals surface area (Å²) >= 11 is 5.85. The van der Waals surface area contributed by atoms with Crippen LogP contribution in [-0.4, -0.2) is 43.8 Å². The molecule has 5 heteroatoms. The van der Waals surface area contributed by atoms with E-state index in [4.69, 9.17) is 16.3 Å². The number of hydrogen-bond donors (Lipinski definition) is 1. The summed E-state index contributed by atoms with van der Waals surface area (Å²) in [5.41, 5.74) is 1.24. The summed E-state index contributed by atoms with van der Waals surface area (Å²) in [6.45, 7) is 2.17. The van der Waals surface area contributed by atoms with E-state index in [-0.39, 0.29) is 12.1 Å². The van der Waals surface area contributed by atoms with Gasteiger partial charge in [0.2, 0.25) is 0 Å². The maximum absolute atomic E-state index is 11.9. The van der Waals surface area contributed by atoms with Gasteiger partial charge < -0.3 is 15.0 Å². The summed E-state index contributed by atoms with van der Waals surface area (Å²) in [6.07, 6.45) is 4.21. The molecule has 21 heavy (non-hydrogen) atoms. The Labute approximate surface area is 131 Å². The van der Waals surface area contributed by atoms with E-state index < -0.39 is 0 Å². The molecule has 1 atom stereocenters. The van der Waals surface area contributed by atoms with Crippen molar-refractivity contribution in [1.29, 1.82) is 0 Å². The number of benzene rings is 1. The highest BCUT2D eigenvalue weighted by atomic mass is 35.5. The Kier molecular flexibility index (Phi) is 6.33. The lowest BCUT2D eigenvalue weighted by molar-refractivity contribution is 0.0875. The topological polar surface area (TPSA) is 41.6 Å². The number of amides is 2. The van der Waals surface area contributed by atoms with E-state index in [1.807, 2.05) is 31.3 Å². The predicted octanol–water partition coefficient (Wildman–Crippen LogP) is 3.09. The fourth-order valence-electron chi connectivity index (χ4n) is 2.45. The maximum Gasteiger partial charge on any atom is 0.317 e. The van der Waals surface area contributed by atoms with E-state index in [1.54, 1.807) is 4.90 Å². The van der Waals surface area contributed by atoms with E-state index in [9.17, 15) is 4.79 Å². The van der Waals surface area contributed by atoms with Crippen molar-refractivity contribution in [1.82, 2.24) is 10.2 Å². The zero-order valence-corrected chi connectivity index (χ0v) is 13.2. The molecule has 0 aliphatic carbocycles. The van der Waals surface area contributed by atoms with Crippen molar-refractivity contribution in [2.45, 2.75) is 31.8 Å². The van der Waals surface area contributed by atoms with Gasteiger partial charge in [-0.1, -0.05) is 23.7 Å². The van der Waals surface area contributed by atoms with E-state index in [0.29, 0.717) is 13.1 Å². The van der Waals surface area contributed by atoms with Crippen LogP contribution in [0.15, 0.2) is 24.3 Å². The van der Waals surface area contributed by atoms with Crippen LogP contribution < -0.4 is 5.32 Å². The third kappa shape index (κ3) is 5.56. The molecule has 1 fully saturated rings. The summed E-state index contributed by atoms with van der Waals surface area (Å²) < 4.78 is 5.53. The molecular formula is C16H23ClN2O2. The summed E-state index contributed by atoms with van der Waals surface area (Å²) in [7, 11) is 1.82. The first-order valence-electron chi connectivity index (χ1n) is 7.50. The van der Waals surface area contributed by atoms with Gasteiger partial charge in [0.05, 0.1) is 6.10 Å². The Hall–Kier alpha value is -1.26. The number of nitrogens with zero attached hydrogens (tertiary/aromatic N) is 1. The standard InChI is InChI=1S/C16H23ClN2O2/c1-19(12-15-5-3-11-21-15)16(20)18-10-2-4-13-6-8-14(17)9-7-13/h6-9,15H,2-5,10-12H2,1H3,(H,18,20)/t15-/m1/s1. The largest absolute Gasteiger partial charge is 0.376 e. The maximum atomic E-state index is 11.9. The van der Waals surface area contributed by atoms with Crippen LogP contribution in [0, 0.1) is 0 Å². The number of likely N-dealkylation sites (N-methyl/N-ethyl adjacent to an activating group) is 1. The molecule has 0 spiro atoms. The highest BCUT2D eigenvalue weighted by molar-refractivity contribution is 6.30. The lowest BCUT2D eigenvalue weighted by Crippen LogP contribution is -2.41. The summed E-state index contributed by atoms with van der Waals surface area (Å²) in [4.78, 5) is 13.6. The van der Waals surface area contributed by atoms with Gasteiger partial charge in [0.1, 0.15) is 0 Å². The highest BCUT2D eigenvalue weighted by Gasteiger charge is 2.19. The fourth-order valence-corrected chi connectivity index (χ4v) is 2.58. The molecule has 2 rings (SSSR count). The van der Waals surface area contributed by atoms with Gasteiger partial charge in [0.15, 0.2) is 0 Å². The summed E-state index contributed by atoms with van der Waals surface area (Å²) in [6, 6.07) is 7.80. The Bertz CT molecular complexity index is 444.